The average molecular weight is 363 g/mol. The Labute approximate surface area is 157 Å². The van der Waals surface area contributed by atoms with E-state index in [1.807, 2.05) is 37.3 Å². The summed E-state index contributed by atoms with van der Waals surface area (Å²) in [6.07, 6.45) is 0.525. The highest BCUT2D eigenvalue weighted by atomic mass is 16.2. The molecule has 2 aromatic rings. The van der Waals surface area contributed by atoms with Crippen molar-refractivity contribution in [2.45, 2.75) is 32.0 Å². The maximum absolute atomic E-state index is 13.3. The average Bonchev–Trinajstić information content (AvgIpc) is 3.06. The molecular formula is C21H21N3O3. The van der Waals surface area contributed by atoms with Crippen LogP contribution in [-0.4, -0.2) is 34.8 Å². The molecule has 0 aliphatic carbocycles. The molecule has 6 heteroatoms. The van der Waals surface area contributed by atoms with E-state index in [1.54, 1.807) is 24.3 Å². The number of hydrogen-bond donors (Lipinski definition) is 1. The van der Waals surface area contributed by atoms with Crippen LogP contribution in [0.15, 0.2) is 54.6 Å². The lowest BCUT2D eigenvalue weighted by Crippen LogP contribution is -2.70. The molecule has 6 nitrogen and oxygen atoms in total. The summed E-state index contributed by atoms with van der Waals surface area (Å²) in [5.74, 6) is -0.668. The van der Waals surface area contributed by atoms with Gasteiger partial charge in [-0.15, -0.1) is 0 Å². The van der Waals surface area contributed by atoms with E-state index in [-0.39, 0.29) is 24.1 Å². The second kappa shape index (κ2) is 6.54. The molecule has 2 heterocycles. The Morgan fingerprint density at radius 3 is 2.52 bits per heavy atom. The number of likely N-dealkylation sites (N-methyl/N-ethyl adjacent to an activating group) is 1. The zero-order chi connectivity index (χ0) is 19.0. The molecule has 0 radical (unpaired) electrons. The highest BCUT2D eigenvalue weighted by Gasteiger charge is 2.60. The largest absolute Gasteiger partial charge is 0.348 e. The predicted molar refractivity (Wildman–Crippen MR) is 101 cm³/mol. The fourth-order valence-corrected chi connectivity index (χ4v) is 4.13. The van der Waals surface area contributed by atoms with Crippen LogP contribution in [0, 0.1) is 0 Å². The van der Waals surface area contributed by atoms with Crippen molar-refractivity contribution in [3.8, 4) is 0 Å². The van der Waals surface area contributed by atoms with Gasteiger partial charge in [0.1, 0.15) is 0 Å². The molecule has 138 valence electrons. The van der Waals surface area contributed by atoms with Gasteiger partial charge in [-0.05, 0) is 24.6 Å². The molecule has 1 saturated heterocycles. The van der Waals surface area contributed by atoms with Crippen molar-refractivity contribution in [2.75, 3.05) is 11.4 Å². The fraction of sp³-hybridized carbons (Fsp3) is 0.286. The van der Waals surface area contributed by atoms with Crippen molar-refractivity contribution in [1.82, 2.24) is 10.2 Å². The number of para-hydroxylation sites is 1. The number of nitrogens with zero attached hydrogens (tertiary/aromatic N) is 2. The van der Waals surface area contributed by atoms with Crippen molar-refractivity contribution in [3.63, 3.8) is 0 Å². The zero-order valence-corrected chi connectivity index (χ0v) is 15.1. The predicted octanol–water partition coefficient (Wildman–Crippen LogP) is 2.30. The van der Waals surface area contributed by atoms with Crippen LogP contribution in [0.25, 0.3) is 0 Å². The van der Waals surface area contributed by atoms with E-state index in [0.717, 1.165) is 5.56 Å². The fourth-order valence-electron chi connectivity index (χ4n) is 4.13. The smallest absolute Gasteiger partial charge is 0.267 e. The van der Waals surface area contributed by atoms with Gasteiger partial charge in [-0.1, -0.05) is 42.5 Å². The van der Waals surface area contributed by atoms with E-state index in [2.05, 4.69) is 5.32 Å². The third-order valence-electron chi connectivity index (χ3n) is 5.35. The van der Waals surface area contributed by atoms with Gasteiger partial charge in [-0.25, -0.2) is 0 Å². The molecule has 1 fully saturated rings. The highest BCUT2D eigenvalue weighted by molar-refractivity contribution is 6.16. The third-order valence-corrected chi connectivity index (χ3v) is 5.35. The molecule has 2 aliphatic rings. The third kappa shape index (κ3) is 2.51. The highest BCUT2D eigenvalue weighted by Crippen LogP contribution is 2.44. The summed E-state index contributed by atoms with van der Waals surface area (Å²) >= 11 is 0. The molecule has 0 saturated carbocycles. The van der Waals surface area contributed by atoms with Crippen LogP contribution in [0.4, 0.5) is 5.69 Å². The van der Waals surface area contributed by atoms with Crippen LogP contribution in [0.5, 0.6) is 0 Å². The standard InChI is InChI=1S/C21H21N3O3/c1-2-23-19(26)16-10-6-7-11-17(16)24-18(25)12-13-21(23,24)20(27)22-14-15-8-4-3-5-9-15/h3-11H,2,12-14H2,1H3,(H,22,27). The lowest BCUT2D eigenvalue weighted by atomic mass is 9.95. The zero-order valence-electron chi connectivity index (χ0n) is 15.1. The number of rotatable bonds is 4. The molecule has 0 bridgehead atoms. The molecule has 1 N–H and O–H groups in total. The molecule has 2 aliphatic heterocycles. The van der Waals surface area contributed by atoms with E-state index < -0.39 is 5.66 Å². The Hall–Kier alpha value is -3.15. The number of amides is 3. The Balaban J connectivity index is 1.75. The van der Waals surface area contributed by atoms with Gasteiger partial charge in [0.2, 0.25) is 11.6 Å². The molecule has 3 amide bonds. The van der Waals surface area contributed by atoms with Gasteiger partial charge >= 0.3 is 0 Å². The number of nitrogens with one attached hydrogen (secondary N) is 1. The molecule has 0 aromatic heterocycles. The number of benzene rings is 2. The Morgan fingerprint density at radius 1 is 1.07 bits per heavy atom. The van der Waals surface area contributed by atoms with Crippen molar-refractivity contribution < 1.29 is 14.4 Å². The number of anilines is 1. The lowest BCUT2D eigenvalue weighted by molar-refractivity contribution is -0.133. The van der Waals surface area contributed by atoms with E-state index in [4.69, 9.17) is 0 Å². The summed E-state index contributed by atoms with van der Waals surface area (Å²) in [4.78, 5) is 42.2. The van der Waals surface area contributed by atoms with Crippen molar-refractivity contribution in [2.24, 2.45) is 0 Å². The molecule has 27 heavy (non-hydrogen) atoms. The van der Waals surface area contributed by atoms with E-state index >= 15 is 0 Å². The van der Waals surface area contributed by atoms with E-state index in [1.165, 1.54) is 9.80 Å². The van der Waals surface area contributed by atoms with Gasteiger partial charge in [0.05, 0.1) is 11.3 Å². The molecule has 0 spiro atoms. The summed E-state index contributed by atoms with van der Waals surface area (Å²) in [5, 5.41) is 2.94. The first-order valence-corrected chi connectivity index (χ1v) is 9.16. The van der Waals surface area contributed by atoms with Gasteiger partial charge < -0.3 is 10.2 Å². The summed E-state index contributed by atoms with van der Waals surface area (Å²) < 4.78 is 0. The maximum atomic E-state index is 13.3. The SMILES string of the molecule is CCN1C(=O)c2ccccc2N2C(=O)CCC12C(=O)NCc1ccccc1. The number of carbonyl (C=O) groups is 3. The van der Waals surface area contributed by atoms with Crippen LogP contribution < -0.4 is 10.2 Å². The van der Waals surface area contributed by atoms with Crippen LogP contribution >= 0.6 is 0 Å². The summed E-state index contributed by atoms with van der Waals surface area (Å²) in [6, 6.07) is 16.6. The minimum Gasteiger partial charge on any atom is -0.348 e. The number of hydrogen-bond acceptors (Lipinski definition) is 3. The maximum Gasteiger partial charge on any atom is 0.267 e. The van der Waals surface area contributed by atoms with Gasteiger partial charge in [-0.2, -0.15) is 0 Å². The Bertz CT molecular complexity index is 912. The Morgan fingerprint density at radius 2 is 1.78 bits per heavy atom. The first-order valence-electron chi connectivity index (χ1n) is 9.16. The van der Waals surface area contributed by atoms with Crippen molar-refractivity contribution in [3.05, 3.63) is 65.7 Å². The lowest BCUT2D eigenvalue weighted by Gasteiger charge is -2.48. The van der Waals surface area contributed by atoms with Crippen LogP contribution in [0.2, 0.25) is 0 Å². The summed E-state index contributed by atoms with van der Waals surface area (Å²) in [5.41, 5.74) is 0.640. The topological polar surface area (TPSA) is 69.7 Å². The minimum absolute atomic E-state index is 0.136. The molecule has 1 atom stereocenters. The molecule has 4 rings (SSSR count). The monoisotopic (exact) mass is 363 g/mol. The van der Waals surface area contributed by atoms with Crippen molar-refractivity contribution >= 4 is 23.4 Å². The van der Waals surface area contributed by atoms with E-state index in [9.17, 15) is 14.4 Å². The number of fused-ring (bicyclic) bond motifs is 3. The van der Waals surface area contributed by atoms with Gasteiger partial charge in [0.15, 0.2) is 0 Å². The van der Waals surface area contributed by atoms with Gasteiger partial charge in [0.25, 0.3) is 11.8 Å². The normalized spacial score (nSPS) is 21.1. The van der Waals surface area contributed by atoms with Crippen LogP contribution in [0.1, 0.15) is 35.7 Å². The Kier molecular flexibility index (Phi) is 4.18. The van der Waals surface area contributed by atoms with Gasteiger partial charge in [-0.3, -0.25) is 19.3 Å². The summed E-state index contributed by atoms with van der Waals surface area (Å²) in [7, 11) is 0. The summed E-state index contributed by atoms with van der Waals surface area (Å²) in [6.45, 7) is 2.52. The minimum atomic E-state index is -1.30. The van der Waals surface area contributed by atoms with Crippen LogP contribution in [-0.2, 0) is 16.1 Å². The molecular weight excluding hydrogens is 342 g/mol. The van der Waals surface area contributed by atoms with Crippen molar-refractivity contribution in [1.29, 1.82) is 0 Å². The second-order valence-corrected chi connectivity index (χ2v) is 6.78. The molecule has 2 aromatic carbocycles. The van der Waals surface area contributed by atoms with Crippen LogP contribution in [0.3, 0.4) is 0 Å². The second-order valence-electron chi connectivity index (χ2n) is 6.78. The van der Waals surface area contributed by atoms with E-state index in [0.29, 0.717) is 30.8 Å². The first kappa shape index (κ1) is 17.3. The quantitative estimate of drug-likeness (QED) is 0.906. The first-order chi connectivity index (χ1) is 13.1. The number of carbonyl (C=O) groups excluding carboxylic acids is 3. The van der Waals surface area contributed by atoms with Gasteiger partial charge in [0, 0.05) is 25.9 Å². The molecule has 1 unspecified atom stereocenters.